The second-order valence-electron chi connectivity index (χ2n) is 8.09. The van der Waals surface area contributed by atoms with Crippen LogP contribution in [0.15, 0.2) is 41.6 Å². The molecule has 9 heteroatoms. The van der Waals surface area contributed by atoms with E-state index in [2.05, 4.69) is 9.97 Å². The summed E-state index contributed by atoms with van der Waals surface area (Å²) in [6, 6.07) is 6.86. The molecular weight excluding hydrogens is 412 g/mol. The van der Waals surface area contributed by atoms with E-state index in [1.807, 2.05) is 26.0 Å². The molecule has 8 nitrogen and oxygen atoms in total. The number of hydrogen-bond donors (Lipinski definition) is 3. The maximum atomic E-state index is 12.5. The van der Waals surface area contributed by atoms with Crippen LogP contribution >= 0.6 is 0 Å². The molecule has 0 spiro atoms. The highest BCUT2D eigenvalue weighted by molar-refractivity contribution is 7.89. The smallest absolute Gasteiger partial charge is 0.238 e. The van der Waals surface area contributed by atoms with Crippen LogP contribution in [0.5, 0.6) is 0 Å². The van der Waals surface area contributed by atoms with Gasteiger partial charge in [0.1, 0.15) is 11.5 Å². The van der Waals surface area contributed by atoms with Crippen LogP contribution in [0.25, 0.3) is 22.5 Å². The monoisotopic (exact) mass is 438 g/mol. The largest absolute Gasteiger partial charge is 0.382 e. The van der Waals surface area contributed by atoms with E-state index in [4.69, 9.17) is 21.6 Å². The molecule has 31 heavy (non-hydrogen) atoms. The maximum absolute atomic E-state index is 12.5. The van der Waals surface area contributed by atoms with Crippen molar-refractivity contribution in [2.45, 2.75) is 50.0 Å². The first-order chi connectivity index (χ1) is 14.7. The molecule has 1 aliphatic rings. The van der Waals surface area contributed by atoms with Crippen LogP contribution in [0.2, 0.25) is 0 Å². The molecule has 2 aromatic heterocycles. The lowest BCUT2D eigenvalue weighted by Crippen LogP contribution is -2.26. The fourth-order valence-corrected chi connectivity index (χ4v) is 5.25. The van der Waals surface area contributed by atoms with Crippen molar-refractivity contribution in [3.8, 4) is 22.5 Å². The summed E-state index contributed by atoms with van der Waals surface area (Å²) in [4.78, 5) is 13.5. The van der Waals surface area contributed by atoms with Crippen LogP contribution in [0.3, 0.4) is 0 Å². The first-order valence-corrected chi connectivity index (χ1v) is 11.7. The first-order valence-electron chi connectivity index (χ1n) is 10.1. The Hall–Kier alpha value is -2.88. The van der Waals surface area contributed by atoms with Gasteiger partial charge in [-0.05, 0) is 56.0 Å². The standard InChI is InChI=1S/C22H26N6O2S/c1-12-6-7-18(31(25,29)30)20(15-4-3-5-16(15)23)19(12)17-11-27-22(24)21(28-17)14-8-9-26-13(2)10-14/h6-11,15-16H,3-5,23H2,1-2H3,(H2,24,27)(H2,25,29,30)/t15-,16+/m1/s1. The van der Waals surface area contributed by atoms with Gasteiger partial charge in [0.05, 0.1) is 16.8 Å². The summed E-state index contributed by atoms with van der Waals surface area (Å²) in [7, 11) is -3.95. The molecular formula is C22H26N6O2S. The number of aryl methyl sites for hydroxylation is 2. The Morgan fingerprint density at radius 3 is 2.52 bits per heavy atom. The normalized spacial score (nSPS) is 19.0. The van der Waals surface area contributed by atoms with Crippen LogP contribution in [-0.4, -0.2) is 29.4 Å². The summed E-state index contributed by atoms with van der Waals surface area (Å²) in [5.41, 5.74) is 17.4. The number of hydrogen-bond acceptors (Lipinski definition) is 7. The zero-order chi connectivity index (χ0) is 22.3. The van der Waals surface area contributed by atoms with Crippen LogP contribution < -0.4 is 16.6 Å². The second kappa shape index (κ2) is 7.99. The van der Waals surface area contributed by atoms with Gasteiger partial charge in [-0.2, -0.15) is 0 Å². The number of pyridine rings is 1. The topological polar surface area (TPSA) is 151 Å². The lowest BCUT2D eigenvalue weighted by molar-refractivity contribution is 0.582. The van der Waals surface area contributed by atoms with Crippen LogP contribution in [0.1, 0.15) is 42.0 Å². The third-order valence-corrected chi connectivity index (χ3v) is 6.86. The summed E-state index contributed by atoms with van der Waals surface area (Å²) in [5.74, 6) is 0.155. The Morgan fingerprint density at radius 1 is 1.10 bits per heavy atom. The Morgan fingerprint density at radius 2 is 1.87 bits per heavy atom. The quantitative estimate of drug-likeness (QED) is 0.566. The van der Waals surface area contributed by atoms with Gasteiger partial charge in [0, 0.05) is 35.0 Å². The van der Waals surface area contributed by atoms with Gasteiger partial charge in [0.15, 0.2) is 0 Å². The fraction of sp³-hybridized carbons (Fsp3) is 0.318. The summed E-state index contributed by atoms with van der Waals surface area (Å²) < 4.78 is 24.9. The predicted molar refractivity (Wildman–Crippen MR) is 121 cm³/mol. The minimum Gasteiger partial charge on any atom is -0.382 e. The summed E-state index contributed by atoms with van der Waals surface area (Å²) in [5, 5.41) is 5.60. The molecule has 1 fully saturated rings. The third kappa shape index (κ3) is 4.04. The highest BCUT2D eigenvalue weighted by atomic mass is 32.2. The van der Waals surface area contributed by atoms with Gasteiger partial charge in [-0.25, -0.2) is 23.5 Å². The Bertz CT molecular complexity index is 1260. The van der Waals surface area contributed by atoms with Gasteiger partial charge in [-0.3, -0.25) is 4.98 Å². The third-order valence-electron chi connectivity index (χ3n) is 5.89. The summed E-state index contributed by atoms with van der Waals surface area (Å²) >= 11 is 0. The zero-order valence-electron chi connectivity index (χ0n) is 17.5. The molecule has 2 heterocycles. The van der Waals surface area contributed by atoms with Gasteiger partial charge in [-0.1, -0.05) is 12.5 Å². The molecule has 6 N–H and O–H groups in total. The average Bonchev–Trinajstić information content (AvgIpc) is 3.13. The van der Waals surface area contributed by atoms with Crippen molar-refractivity contribution in [2.24, 2.45) is 10.9 Å². The number of nitrogens with two attached hydrogens (primary N) is 3. The van der Waals surface area contributed by atoms with E-state index in [-0.39, 0.29) is 22.7 Å². The molecule has 0 saturated heterocycles. The zero-order valence-corrected chi connectivity index (χ0v) is 18.4. The highest BCUT2D eigenvalue weighted by Gasteiger charge is 2.33. The lowest BCUT2D eigenvalue weighted by Gasteiger charge is -2.24. The van der Waals surface area contributed by atoms with E-state index in [0.717, 1.165) is 36.1 Å². The molecule has 4 rings (SSSR count). The predicted octanol–water partition coefficient (Wildman–Crippen LogP) is 2.65. The number of rotatable bonds is 4. The maximum Gasteiger partial charge on any atom is 0.238 e. The highest BCUT2D eigenvalue weighted by Crippen LogP contribution is 2.43. The molecule has 0 unspecified atom stereocenters. The molecule has 2 atom stereocenters. The number of anilines is 1. The van der Waals surface area contributed by atoms with Crippen LogP contribution in [-0.2, 0) is 10.0 Å². The number of aromatic nitrogens is 3. The van der Waals surface area contributed by atoms with Crippen molar-refractivity contribution in [1.29, 1.82) is 0 Å². The summed E-state index contributed by atoms with van der Waals surface area (Å²) in [6.07, 6.45) is 5.81. The Labute approximate surface area is 182 Å². The SMILES string of the molecule is Cc1cc(-c2nc(-c3c(C)ccc(S(N)(=O)=O)c3[C@@H]3CCC[C@@H]3N)cnc2N)ccn1. The van der Waals surface area contributed by atoms with Crippen molar-refractivity contribution in [3.63, 3.8) is 0 Å². The van der Waals surface area contributed by atoms with E-state index in [9.17, 15) is 8.42 Å². The molecule has 0 radical (unpaired) electrons. The van der Waals surface area contributed by atoms with Crippen LogP contribution in [0, 0.1) is 13.8 Å². The van der Waals surface area contributed by atoms with E-state index in [0.29, 0.717) is 22.5 Å². The molecule has 0 amide bonds. The van der Waals surface area contributed by atoms with Gasteiger partial charge in [0.2, 0.25) is 10.0 Å². The minimum absolute atomic E-state index is 0.0929. The minimum atomic E-state index is -3.95. The number of sulfonamides is 1. The van der Waals surface area contributed by atoms with Gasteiger partial charge in [0.25, 0.3) is 0 Å². The van der Waals surface area contributed by atoms with Crippen molar-refractivity contribution < 1.29 is 8.42 Å². The number of nitrogens with zero attached hydrogens (tertiary/aromatic N) is 3. The van der Waals surface area contributed by atoms with Gasteiger partial charge in [-0.15, -0.1) is 0 Å². The van der Waals surface area contributed by atoms with E-state index < -0.39 is 10.0 Å². The molecule has 3 aromatic rings. The lowest BCUT2D eigenvalue weighted by atomic mass is 9.87. The van der Waals surface area contributed by atoms with E-state index in [1.54, 1.807) is 24.5 Å². The summed E-state index contributed by atoms with van der Waals surface area (Å²) in [6.45, 7) is 3.80. The van der Waals surface area contributed by atoms with E-state index >= 15 is 0 Å². The van der Waals surface area contributed by atoms with Gasteiger partial charge >= 0.3 is 0 Å². The molecule has 0 bridgehead atoms. The van der Waals surface area contributed by atoms with Crippen molar-refractivity contribution in [3.05, 3.63) is 53.5 Å². The van der Waals surface area contributed by atoms with Gasteiger partial charge < -0.3 is 11.5 Å². The van der Waals surface area contributed by atoms with Crippen molar-refractivity contribution in [1.82, 2.24) is 15.0 Å². The van der Waals surface area contributed by atoms with Crippen molar-refractivity contribution >= 4 is 15.8 Å². The van der Waals surface area contributed by atoms with E-state index in [1.165, 1.54) is 0 Å². The second-order valence-corrected chi connectivity index (χ2v) is 9.62. The molecule has 1 aliphatic carbocycles. The molecule has 1 saturated carbocycles. The molecule has 0 aliphatic heterocycles. The average molecular weight is 439 g/mol. The number of primary sulfonamides is 1. The van der Waals surface area contributed by atoms with Crippen molar-refractivity contribution in [2.75, 3.05) is 5.73 Å². The Kier molecular flexibility index (Phi) is 5.50. The van der Waals surface area contributed by atoms with Crippen LogP contribution in [0.4, 0.5) is 5.82 Å². The Balaban J connectivity index is 2.00. The fourth-order valence-electron chi connectivity index (χ4n) is 4.44. The molecule has 162 valence electrons. The first kappa shape index (κ1) is 21.4. The number of nitrogen functional groups attached to an aromatic ring is 1. The number of benzene rings is 1. The molecule has 1 aromatic carbocycles.